The highest BCUT2D eigenvalue weighted by Crippen LogP contribution is 2.27. The summed E-state index contributed by atoms with van der Waals surface area (Å²) in [5, 5.41) is 15.3. The lowest BCUT2D eigenvalue weighted by molar-refractivity contribution is 0.152. The molecule has 0 aromatic carbocycles. The van der Waals surface area contributed by atoms with Gasteiger partial charge in [0, 0.05) is 19.8 Å². The molecule has 3 N–H and O–H groups in total. The van der Waals surface area contributed by atoms with E-state index in [1.807, 2.05) is 19.1 Å². The van der Waals surface area contributed by atoms with Crippen molar-refractivity contribution >= 4 is 6.03 Å². The van der Waals surface area contributed by atoms with E-state index in [1.54, 1.807) is 7.11 Å². The summed E-state index contributed by atoms with van der Waals surface area (Å²) < 4.78 is 10.8. The first-order valence-electron chi connectivity index (χ1n) is 8.87. The van der Waals surface area contributed by atoms with Crippen LogP contribution in [0.15, 0.2) is 16.5 Å². The van der Waals surface area contributed by atoms with Gasteiger partial charge in [-0.05, 0) is 44.2 Å². The van der Waals surface area contributed by atoms with E-state index in [2.05, 4.69) is 10.6 Å². The second-order valence-electron chi connectivity index (χ2n) is 6.59. The Morgan fingerprint density at radius 1 is 1.33 bits per heavy atom. The first kappa shape index (κ1) is 18.8. The first-order valence-corrected chi connectivity index (χ1v) is 8.87. The molecule has 0 bridgehead atoms. The Morgan fingerprint density at radius 3 is 2.67 bits per heavy atom. The summed E-state index contributed by atoms with van der Waals surface area (Å²) in [4.78, 5) is 12.4. The molecule has 2 atom stereocenters. The van der Waals surface area contributed by atoms with Crippen LogP contribution in [0.2, 0.25) is 0 Å². The monoisotopic (exact) mass is 338 g/mol. The van der Waals surface area contributed by atoms with Crippen LogP contribution in [0.25, 0.3) is 0 Å². The standard InChI is InChI=1S/C18H30N2O4/c1-13-8-9-17(24-13)16(12-23-2)20-18(22)19-15(10-11-21)14-6-4-3-5-7-14/h8-9,14-16,21H,3-7,10-12H2,1-2H3,(H2,19,20,22). The second kappa shape index (κ2) is 9.69. The summed E-state index contributed by atoms with van der Waals surface area (Å²) in [6.45, 7) is 2.29. The highest BCUT2D eigenvalue weighted by Gasteiger charge is 2.26. The van der Waals surface area contributed by atoms with E-state index in [4.69, 9.17) is 9.15 Å². The second-order valence-corrected chi connectivity index (χ2v) is 6.59. The molecule has 1 heterocycles. The maximum atomic E-state index is 12.4. The number of methoxy groups -OCH3 is 1. The number of nitrogens with one attached hydrogen (secondary N) is 2. The minimum atomic E-state index is -0.329. The zero-order valence-corrected chi connectivity index (χ0v) is 14.7. The topological polar surface area (TPSA) is 83.7 Å². The summed E-state index contributed by atoms with van der Waals surface area (Å²) in [6, 6.07) is 3.16. The predicted octanol–water partition coefficient (Wildman–Crippen LogP) is 2.91. The molecular weight excluding hydrogens is 308 g/mol. The zero-order chi connectivity index (χ0) is 17.4. The van der Waals surface area contributed by atoms with Gasteiger partial charge in [-0.25, -0.2) is 4.79 Å². The molecule has 0 radical (unpaired) electrons. The van der Waals surface area contributed by atoms with E-state index < -0.39 is 0 Å². The highest BCUT2D eigenvalue weighted by atomic mass is 16.5. The summed E-state index contributed by atoms with van der Waals surface area (Å²) >= 11 is 0. The normalized spacial score (nSPS) is 18.1. The van der Waals surface area contributed by atoms with Crippen LogP contribution in [0.3, 0.4) is 0 Å². The van der Waals surface area contributed by atoms with Crippen molar-refractivity contribution in [1.82, 2.24) is 10.6 Å². The molecule has 2 rings (SSSR count). The van der Waals surface area contributed by atoms with Gasteiger partial charge in [0.15, 0.2) is 0 Å². The van der Waals surface area contributed by atoms with Crippen molar-refractivity contribution in [1.29, 1.82) is 0 Å². The van der Waals surface area contributed by atoms with Crippen LogP contribution >= 0.6 is 0 Å². The molecule has 0 aliphatic heterocycles. The SMILES string of the molecule is COCC(NC(=O)NC(CCO)C1CCCCC1)c1ccc(C)o1. The van der Waals surface area contributed by atoms with Crippen LogP contribution < -0.4 is 10.6 Å². The summed E-state index contributed by atoms with van der Waals surface area (Å²) in [5.74, 6) is 1.93. The predicted molar refractivity (Wildman–Crippen MR) is 91.8 cm³/mol. The number of furan rings is 1. The Balaban J connectivity index is 1.94. The Bertz CT molecular complexity index is 497. The molecule has 1 aliphatic carbocycles. The number of aliphatic hydroxyl groups excluding tert-OH is 1. The molecule has 6 nitrogen and oxygen atoms in total. The molecule has 1 aromatic heterocycles. The van der Waals surface area contributed by atoms with Crippen molar-refractivity contribution in [3.05, 3.63) is 23.7 Å². The van der Waals surface area contributed by atoms with Gasteiger partial charge in [0.25, 0.3) is 0 Å². The van der Waals surface area contributed by atoms with Crippen molar-refractivity contribution in [2.45, 2.75) is 57.5 Å². The van der Waals surface area contributed by atoms with Crippen LogP contribution in [0, 0.1) is 12.8 Å². The number of carbonyl (C=O) groups is 1. The van der Waals surface area contributed by atoms with Gasteiger partial charge in [-0.1, -0.05) is 19.3 Å². The number of aryl methyl sites for hydroxylation is 1. The average Bonchev–Trinajstić information content (AvgIpc) is 3.01. The fourth-order valence-corrected chi connectivity index (χ4v) is 3.47. The summed E-state index contributed by atoms with van der Waals surface area (Å²) in [6.07, 6.45) is 6.49. The van der Waals surface area contributed by atoms with Crippen molar-refractivity contribution in [3.8, 4) is 0 Å². The van der Waals surface area contributed by atoms with Crippen molar-refractivity contribution < 1.29 is 19.1 Å². The summed E-state index contributed by atoms with van der Waals surface area (Å²) in [5.41, 5.74) is 0. The van der Waals surface area contributed by atoms with Crippen LogP contribution in [0.1, 0.15) is 56.1 Å². The Morgan fingerprint density at radius 2 is 2.08 bits per heavy atom. The Hall–Kier alpha value is -1.53. The third-order valence-corrected chi connectivity index (χ3v) is 4.72. The number of aliphatic hydroxyl groups is 1. The average molecular weight is 338 g/mol. The number of carbonyl (C=O) groups excluding carboxylic acids is 1. The van der Waals surface area contributed by atoms with Gasteiger partial charge in [-0.3, -0.25) is 0 Å². The van der Waals surface area contributed by atoms with E-state index in [1.165, 1.54) is 19.3 Å². The van der Waals surface area contributed by atoms with Gasteiger partial charge in [0.05, 0.1) is 6.61 Å². The molecule has 136 valence electrons. The largest absolute Gasteiger partial charge is 0.464 e. The molecule has 1 saturated carbocycles. The lowest BCUT2D eigenvalue weighted by atomic mass is 9.83. The van der Waals surface area contributed by atoms with Crippen LogP contribution in [-0.2, 0) is 4.74 Å². The zero-order valence-electron chi connectivity index (χ0n) is 14.7. The van der Waals surface area contributed by atoms with Crippen molar-refractivity contribution in [2.75, 3.05) is 20.3 Å². The fourth-order valence-electron chi connectivity index (χ4n) is 3.47. The quantitative estimate of drug-likeness (QED) is 0.680. The minimum Gasteiger partial charge on any atom is -0.464 e. The molecule has 0 saturated heterocycles. The third kappa shape index (κ3) is 5.53. The fraction of sp³-hybridized carbons (Fsp3) is 0.722. The molecular formula is C18H30N2O4. The van der Waals surface area contributed by atoms with E-state index in [9.17, 15) is 9.90 Å². The van der Waals surface area contributed by atoms with E-state index >= 15 is 0 Å². The smallest absolute Gasteiger partial charge is 0.315 e. The first-order chi connectivity index (χ1) is 11.6. The molecule has 1 aromatic rings. The van der Waals surface area contributed by atoms with E-state index in [0.717, 1.165) is 18.6 Å². The maximum Gasteiger partial charge on any atom is 0.315 e. The van der Waals surface area contributed by atoms with Crippen molar-refractivity contribution in [3.63, 3.8) is 0 Å². The molecule has 2 unspecified atom stereocenters. The molecule has 6 heteroatoms. The third-order valence-electron chi connectivity index (χ3n) is 4.72. The lowest BCUT2D eigenvalue weighted by Crippen LogP contribution is -2.48. The molecule has 2 amide bonds. The number of hydrogen-bond acceptors (Lipinski definition) is 4. The van der Waals surface area contributed by atoms with Gasteiger partial charge in [-0.2, -0.15) is 0 Å². The Kier molecular flexibility index (Phi) is 7.59. The van der Waals surface area contributed by atoms with Gasteiger partial charge in [-0.15, -0.1) is 0 Å². The number of hydrogen-bond donors (Lipinski definition) is 3. The number of amides is 2. The van der Waals surface area contributed by atoms with E-state index in [0.29, 0.717) is 24.7 Å². The Labute approximate surface area is 143 Å². The van der Waals surface area contributed by atoms with Crippen LogP contribution in [0.5, 0.6) is 0 Å². The van der Waals surface area contributed by atoms with Gasteiger partial charge in [0.2, 0.25) is 0 Å². The molecule has 1 fully saturated rings. The molecule has 24 heavy (non-hydrogen) atoms. The van der Waals surface area contributed by atoms with Crippen LogP contribution in [0.4, 0.5) is 4.79 Å². The maximum absolute atomic E-state index is 12.4. The van der Waals surface area contributed by atoms with Gasteiger partial charge < -0.3 is 24.9 Å². The van der Waals surface area contributed by atoms with Crippen LogP contribution in [-0.4, -0.2) is 37.5 Å². The van der Waals surface area contributed by atoms with Gasteiger partial charge >= 0.3 is 6.03 Å². The van der Waals surface area contributed by atoms with Crippen molar-refractivity contribution in [2.24, 2.45) is 5.92 Å². The number of ether oxygens (including phenoxy) is 1. The number of rotatable bonds is 8. The highest BCUT2D eigenvalue weighted by molar-refractivity contribution is 5.74. The minimum absolute atomic E-state index is 0.0110. The molecule has 1 aliphatic rings. The number of urea groups is 1. The lowest BCUT2D eigenvalue weighted by Gasteiger charge is -2.31. The summed E-state index contributed by atoms with van der Waals surface area (Å²) in [7, 11) is 1.60. The van der Waals surface area contributed by atoms with Gasteiger partial charge in [0.1, 0.15) is 17.6 Å². The molecule has 0 spiro atoms. The van der Waals surface area contributed by atoms with E-state index in [-0.39, 0.29) is 24.7 Å².